The molecule has 0 atom stereocenters. The SMILES string of the molecule is Cc1ccc(CC(=O)Cc2nc(CC(=O)N3CC[NH+](C)CC3)cs2)c(C(=O)C2CCCC2)c1.[Cl-]. The molecule has 1 amide bonds. The van der Waals surface area contributed by atoms with Crippen molar-refractivity contribution in [1.29, 1.82) is 0 Å². The summed E-state index contributed by atoms with van der Waals surface area (Å²) in [5, 5.41) is 2.63. The average Bonchev–Trinajstić information content (AvgIpc) is 3.47. The van der Waals surface area contributed by atoms with E-state index in [0.717, 1.165) is 79.3 Å². The van der Waals surface area contributed by atoms with Crippen LogP contribution < -0.4 is 17.3 Å². The first-order chi connectivity index (χ1) is 15.9. The van der Waals surface area contributed by atoms with Crippen molar-refractivity contribution in [2.45, 2.75) is 51.9 Å². The number of aryl methyl sites for hydroxylation is 1. The summed E-state index contributed by atoms with van der Waals surface area (Å²) >= 11 is 1.44. The van der Waals surface area contributed by atoms with Crippen LogP contribution in [0.1, 0.15) is 57.9 Å². The maximum Gasteiger partial charge on any atom is 0.229 e. The molecule has 1 aromatic heterocycles. The third-order valence-electron chi connectivity index (χ3n) is 6.89. The van der Waals surface area contributed by atoms with Crippen LogP contribution in [0.15, 0.2) is 23.6 Å². The van der Waals surface area contributed by atoms with Crippen LogP contribution in [0, 0.1) is 12.8 Å². The van der Waals surface area contributed by atoms with E-state index in [-0.39, 0.29) is 48.6 Å². The molecule has 2 heterocycles. The lowest BCUT2D eigenvalue weighted by atomic mass is 9.90. The van der Waals surface area contributed by atoms with Gasteiger partial charge in [-0.1, -0.05) is 30.5 Å². The lowest BCUT2D eigenvalue weighted by molar-refractivity contribution is -0.883. The molecule has 1 saturated heterocycles. The van der Waals surface area contributed by atoms with Gasteiger partial charge in [0, 0.05) is 23.3 Å². The quantitative estimate of drug-likeness (QED) is 0.473. The number of hydrogen-bond donors (Lipinski definition) is 1. The third kappa shape index (κ3) is 6.74. The van der Waals surface area contributed by atoms with Gasteiger partial charge in [-0.05, 0) is 31.4 Å². The molecular formula is C26H34ClN3O3S. The highest BCUT2D eigenvalue weighted by Gasteiger charge is 2.26. The smallest absolute Gasteiger partial charge is 0.229 e. The summed E-state index contributed by atoms with van der Waals surface area (Å²) in [6, 6.07) is 5.84. The number of Topliss-reactive ketones (excluding diaryl/α,β-unsaturated/α-hetero) is 2. The number of hydrogen-bond acceptors (Lipinski definition) is 5. The lowest BCUT2D eigenvalue weighted by Gasteiger charge is -2.29. The number of nitrogens with zero attached hydrogens (tertiary/aromatic N) is 2. The van der Waals surface area contributed by atoms with E-state index < -0.39 is 0 Å². The van der Waals surface area contributed by atoms with Crippen molar-refractivity contribution in [3.63, 3.8) is 0 Å². The van der Waals surface area contributed by atoms with Gasteiger partial charge in [0.25, 0.3) is 0 Å². The molecule has 2 aliphatic rings. The molecule has 184 valence electrons. The number of quaternary nitrogens is 1. The van der Waals surface area contributed by atoms with Gasteiger partial charge in [-0.25, -0.2) is 4.98 Å². The number of halogens is 1. The summed E-state index contributed by atoms with van der Waals surface area (Å²) in [6.07, 6.45) is 4.91. The number of thiazole rings is 1. The number of benzene rings is 1. The van der Waals surface area contributed by atoms with Crippen molar-refractivity contribution in [2.75, 3.05) is 33.2 Å². The molecule has 2 aromatic rings. The number of ketones is 2. The minimum Gasteiger partial charge on any atom is -1.00 e. The third-order valence-corrected chi connectivity index (χ3v) is 7.79. The van der Waals surface area contributed by atoms with Crippen molar-refractivity contribution >= 4 is 28.8 Å². The Labute approximate surface area is 212 Å². The highest BCUT2D eigenvalue weighted by Crippen LogP contribution is 2.29. The molecule has 4 rings (SSSR count). The van der Waals surface area contributed by atoms with E-state index in [4.69, 9.17) is 0 Å². The largest absolute Gasteiger partial charge is 1.00 e. The van der Waals surface area contributed by atoms with Gasteiger partial charge in [-0.15, -0.1) is 11.3 Å². The summed E-state index contributed by atoms with van der Waals surface area (Å²) in [5.74, 6) is 0.454. The topological polar surface area (TPSA) is 71.8 Å². The van der Waals surface area contributed by atoms with Crippen LogP contribution in [0.3, 0.4) is 0 Å². The molecule has 0 bridgehead atoms. The second-order valence-electron chi connectivity index (χ2n) is 9.65. The number of aromatic nitrogens is 1. The fourth-order valence-corrected chi connectivity index (χ4v) is 5.66. The fourth-order valence-electron chi connectivity index (χ4n) is 4.84. The number of nitrogens with one attached hydrogen (secondary N) is 1. The van der Waals surface area contributed by atoms with Gasteiger partial charge in [0.15, 0.2) is 5.78 Å². The number of carbonyl (C=O) groups excluding carboxylic acids is 3. The first-order valence-electron chi connectivity index (χ1n) is 12.1. The number of carbonyl (C=O) groups is 3. The minimum absolute atomic E-state index is 0. The van der Waals surface area contributed by atoms with Gasteiger partial charge in [0.1, 0.15) is 10.8 Å². The summed E-state index contributed by atoms with van der Waals surface area (Å²) in [7, 11) is 2.15. The molecule has 0 radical (unpaired) electrons. The van der Waals surface area contributed by atoms with Crippen LogP contribution in [0.2, 0.25) is 0 Å². The van der Waals surface area contributed by atoms with Crippen molar-refractivity contribution in [2.24, 2.45) is 5.92 Å². The number of amides is 1. The molecule has 6 nitrogen and oxygen atoms in total. The lowest BCUT2D eigenvalue weighted by Crippen LogP contribution is -3.12. The molecule has 1 aliphatic heterocycles. The van der Waals surface area contributed by atoms with Crippen LogP contribution in [-0.4, -0.2) is 60.6 Å². The fraction of sp³-hybridized carbons (Fsp3) is 0.538. The number of rotatable bonds is 8. The Morgan fingerprint density at radius 1 is 1.09 bits per heavy atom. The molecule has 0 spiro atoms. The number of likely N-dealkylation sites (N-methyl/N-ethyl adjacent to an activating group) is 1. The van der Waals surface area contributed by atoms with Crippen molar-refractivity contribution < 1.29 is 31.7 Å². The average molecular weight is 504 g/mol. The van der Waals surface area contributed by atoms with Gasteiger partial charge in [0.05, 0.1) is 51.8 Å². The molecule has 1 aromatic carbocycles. The Morgan fingerprint density at radius 3 is 2.50 bits per heavy atom. The highest BCUT2D eigenvalue weighted by atomic mass is 35.5. The van der Waals surface area contributed by atoms with E-state index >= 15 is 0 Å². The number of piperazine rings is 1. The standard InChI is InChI=1S/C26H33N3O3S.ClH/c1-18-7-8-20(23(13-18)26(32)19-5-3-4-6-19)14-22(30)16-24-27-21(17-33-24)15-25(31)29-11-9-28(2)10-12-29;/h7-8,13,17,19H,3-6,9-12,14-16H2,1-2H3;1H. The molecule has 0 unspecified atom stereocenters. The van der Waals surface area contributed by atoms with Crippen molar-refractivity contribution in [3.05, 3.63) is 51.0 Å². The Balaban J connectivity index is 0.00000324. The Kier molecular flexibility index (Phi) is 9.39. The van der Waals surface area contributed by atoms with Gasteiger partial charge < -0.3 is 22.2 Å². The van der Waals surface area contributed by atoms with Gasteiger partial charge in [-0.3, -0.25) is 14.4 Å². The Hall–Kier alpha value is -2.09. The van der Waals surface area contributed by atoms with Crippen LogP contribution in [-0.2, 0) is 28.9 Å². The Bertz CT molecular complexity index is 1020. The maximum atomic E-state index is 13.1. The monoisotopic (exact) mass is 503 g/mol. The predicted octanol–water partition coefficient (Wildman–Crippen LogP) is -0.918. The van der Waals surface area contributed by atoms with E-state index in [9.17, 15) is 14.4 Å². The van der Waals surface area contributed by atoms with Gasteiger partial charge >= 0.3 is 0 Å². The van der Waals surface area contributed by atoms with Crippen molar-refractivity contribution in [3.8, 4) is 0 Å². The van der Waals surface area contributed by atoms with Crippen LogP contribution in [0.25, 0.3) is 0 Å². The zero-order valence-electron chi connectivity index (χ0n) is 20.1. The van der Waals surface area contributed by atoms with Crippen LogP contribution >= 0.6 is 11.3 Å². The molecule has 1 aliphatic carbocycles. The van der Waals surface area contributed by atoms with Gasteiger partial charge in [-0.2, -0.15) is 0 Å². The van der Waals surface area contributed by atoms with E-state index in [1.54, 1.807) is 0 Å². The highest BCUT2D eigenvalue weighted by molar-refractivity contribution is 7.09. The molecule has 2 fully saturated rings. The molecule has 8 heteroatoms. The van der Waals surface area contributed by atoms with E-state index in [2.05, 4.69) is 12.0 Å². The summed E-state index contributed by atoms with van der Waals surface area (Å²) < 4.78 is 0. The zero-order chi connectivity index (χ0) is 23.4. The van der Waals surface area contributed by atoms with E-state index in [1.165, 1.54) is 16.2 Å². The molecule has 34 heavy (non-hydrogen) atoms. The second kappa shape index (κ2) is 12.0. The predicted molar refractivity (Wildman–Crippen MR) is 129 cm³/mol. The summed E-state index contributed by atoms with van der Waals surface area (Å²) in [6.45, 7) is 5.52. The normalized spacial score (nSPS) is 16.9. The first kappa shape index (κ1) is 26.5. The summed E-state index contributed by atoms with van der Waals surface area (Å²) in [5.41, 5.74) is 3.33. The first-order valence-corrected chi connectivity index (χ1v) is 12.9. The van der Waals surface area contributed by atoms with Crippen LogP contribution in [0.4, 0.5) is 0 Å². The van der Waals surface area contributed by atoms with E-state index in [1.807, 2.05) is 35.4 Å². The van der Waals surface area contributed by atoms with E-state index in [0.29, 0.717) is 6.42 Å². The van der Waals surface area contributed by atoms with Gasteiger partial charge in [0.2, 0.25) is 5.91 Å². The Morgan fingerprint density at radius 2 is 1.79 bits per heavy atom. The molecule has 1 saturated carbocycles. The molecule has 1 N–H and O–H groups in total. The summed E-state index contributed by atoms with van der Waals surface area (Å²) in [4.78, 5) is 46.4. The maximum absolute atomic E-state index is 13.1. The van der Waals surface area contributed by atoms with Crippen molar-refractivity contribution in [1.82, 2.24) is 9.88 Å². The second-order valence-corrected chi connectivity index (χ2v) is 10.6. The minimum atomic E-state index is 0. The van der Waals surface area contributed by atoms with Crippen LogP contribution in [0.5, 0.6) is 0 Å². The zero-order valence-corrected chi connectivity index (χ0v) is 21.6. The molecular weight excluding hydrogens is 470 g/mol.